The fourth-order valence-electron chi connectivity index (χ4n) is 4.00. The number of anilines is 2. The van der Waals surface area contributed by atoms with Crippen LogP contribution in [0.3, 0.4) is 0 Å². The van der Waals surface area contributed by atoms with Gasteiger partial charge >= 0.3 is 0 Å². The molecular weight excluding hydrogens is 479 g/mol. The Morgan fingerprint density at radius 2 is 2.06 bits per heavy atom. The smallest absolute Gasteiger partial charge is 0.255 e. The standard InChI is InChI=1S/C26H23FN6O2S/c1-16-22(24(34)30-19-9-6-12-28-14-19)23(17-8-5-10-20(13-17)35-2)33-25(29-16)31-26(32-33)36-15-18-7-3-4-11-21(18)27/h3-14,23H,15H2,1-2H3,(H,30,34)(H,29,31,32)/t23-/m1/s1. The largest absolute Gasteiger partial charge is 0.497 e. The molecule has 0 saturated carbocycles. The number of thioether (sulfide) groups is 1. The first kappa shape index (κ1) is 23.6. The van der Waals surface area contributed by atoms with Crippen molar-refractivity contribution in [2.24, 2.45) is 0 Å². The molecule has 0 saturated heterocycles. The van der Waals surface area contributed by atoms with Crippen molar-refractivity contribution < 1.29 is 13.9 Å². The first-order valence-electron chi connectivity index (χ1n) is 11.2. The second kappa shape index (κ2) is 10.2. The van der Waals surface area contributed by atoms with Crippen LogP contribution in [0.1, 0.15) is 24.1 Å². The molecule has 1 aliphatic rings. The quantitative estimate of drug-likeness (QED) is 0.342. The second-order valence-corrected chi connectivity index (χ2v) is 9.02. The molecule has 2 N–H and O–H groups in total. The predicted molar refractivity (Wildman–Crippen MR) is 136 cm³/mol. The van der Waals surface area contributed by atoms with E-state index in [0.29, 0.717) is 45.1 Å². The molecule has 4 aromatic rings. The number of hydrogen-bond donors (Lipinski definition) is 2. The van der Waals surface area contributed by atoms with Gasteiger partial charge in [-0.2, -0.15) is 4.98 Å². The Bertz CT molecular complexity index is 1440. The Kier molecular flexibility index (Phi) is 6.68. The summed E-state index contributed by atoms with van der Waals surface area (Å²) in [5.74, 6) is 0.970. The number of nitrogens with zero attached hydrogens (tertiary/aromatic N) is 4. The molecule has 182 valence electrons. The molecule has 10 heteroatoms. The monoisotopic (exact) mass is 502 g/mol. The van der Waals surface area contributed by atoms with Gasteiger partial charge in [-0.15, -0.1) is 5.10 Å². The summed E-state index contributed by atoms with van der Waals surface area (Å²) < 4.78 is 21.2. The number of methoxy groups -OCH3 is 1. The molecular formula is C26H23FN6O2S. The zero-order chi connectivity index (χ0) is 25.1. The highest BCUT2D eigenvalue weighted by molar-refractivity contribution is 7.98. The Morgan fingerprint density at radius 3 is 2.83 bits per heavy atom. The molecule has 0 aliphatic carbocycles. The SMILES string of the molecule is COc1cccc([C@@H]2C(C(=O)Nc3cccnc3)=C(C)Nc3nc(SCc4ccccc4F)nn32)c1. The van der Waals surface area contributed by atoms with Crippen LogP contribution < -0.4 is 15.4 Å². The molecule has 0 bridgehead atoms. The number of carbonyl (C=O) groups is 1. The highest BCUT2D eigenvalue weighted by Crippen LogP contribution is 2.38. The van der Waals surface area contributed by atoms with Crippen LogP contribution in [-0.2, 0) is 10.5 Å². The maximum absolute atomic E-state index is 14.1. The first-order valence-corrected chi connectivity index (χ1v) is 12.2. The van der Waals surface area contributed by atoms with Gasteiger partial charge in [-0.25, -0.2) is 9.07 Å². The highest BCUT2D eigenvalue weighted by Gasteiger charge is 2.34. The molecule has 5 rings (SSSR count). The minimum atomic E-state index is -0.566. The molecule has 1 aliphatic heterocycles. The average Bonchev–Trinajstić information content (AvgIpc) is 3.30. The van der Waals surface area contributed by atoms with Crippen LogP contribution in [0.15, 0.2) is 89.5 Å². The summed E-state index contributed by atoms with van der Waals surface area (Å²) in [6, 6.07) is 17.1. The fourth-order valence-corrected chi connectivity index (χ4v) is 4.81. The third kappa shape index (κ3) is 4.80. The van der Waals surface area contributed by atoms with Crippen LogP contribution in [0.2, 0.25) is 0 Å². The van der Waals surface area contributed by atoms with E-state index in [0.717, 1.165) is 5.56 Å². The maximum atomic E-state index is 14.1. The minimum absolute atomic E-state index is 0.270. The van der Waals surface area contributed by atoms with Gasteiger partial charge in [0.15, 0.2) is 0 Å². The van der Waals surface area contributed by atoms with Gasteiger partial charge < -0.3 is 15.4 Å². The fraction of sp³-hybridized carbons (Fsp3) is 0.154. The lowest BCUT2D eigenvalue weighted by Crippen LogP contribution is -2.31. The summed E-state index contributed by atoms with van der Waals surface area (Å²) in [6.45, 7) is 1.83. The second-order valence-electron chi connectivity index (χ2n) is 8.08. The number of rotatable bonds is 7. The third-order valence-corrected chi connectivity index (χ3v) is 6.61. The van der Waals surface area contributed by atoms with E-state index in [1.54, 1.807) is 54.5 Å². The van der Waals surface area contributed by atoms with Crippen molar-refractivity contribution in [3.05, 3.63) is 101 Å². The first-order chi connectivity index (χ1) is 17.5. The van der Waals surface area contributed by atoms with Crippen molar-refractivity contribution in [1.82, 2.24) is 19.7 Å². The van der Waals surface area contributed by atoms with Gasteiger partial charge in [0.2, 0.25) is 11.1 Å². The lowest BCUT2D eigenvalue weighted by Gasteiger charge is -2.28. The topological polar surface area (TPSA) is 94.0 Å². The molecule has 1 amide bonds. The maximum Gasteiger partial charge on any atom is 0.255 e. The summed E-state index contributed by atoms with van der Waals surface area (Å²) in [7, 11) is 1.59. The van der Waals surface area contributed by atoms with Gasteiger partial charge in [-0.3, -0.25) is 9.78 Å². The highest BCUT2D eigenvalue weighted by atomic mass is 32.2. The number of amides is 1. The molecule has 1 atom stereocenters. The van der Waals surface area contributed by atoms with Crippen LogP contribution >= 0.6 is 11.8 Å². The molecule has 0 fully saturated rings. The molecule has 3 heterocycles. The number of hydrogen-bond acceptors (Lipinski definition) is 7. The van der Waals surface area contributed by atoms with E-state index < -0.39 is 6.04 Å². The van der Waals surface area contributed by atoms with Gasteiger partial charge in [0.05, 0.1) is 24.6 Å². The van der Waals surface area contributed by atoms with Crippen molar-refractivity contribution in [2.45, 2.75) is 23.9 Å². The van der Waals surface area contributed by atoms with E-state index in [1.807, 2.05) is 31.2 Å². The zero-order valence-electron chi connectivity index (χ0n) is 19.6. The predicted octanol–water partition coefficient (Wildman–Crippen LogP) is 5.04. The normalized spacial score (nSPS) is 14.7. The van der Waals surface area contributed by atoms with Gasteiger partial charge in [-0.05, 0) is 48.4 Å². The van der Waals surface area contributed by atoms with Crippen molar-refractivity contribution in [3.8, 4) is 5.75 Å². The molecule has 2 aromatic carbocycles. The molecule has 0 spiro atoms. The summed E-state index contributed by atoms with van der Waals surface area (Å²) in [5, 5.41) is 11.3. The van der Waals surface area contributed by atoms with Crippen molar-refractivity contribution in [2.75, 3.05) is 17.7 Å². The third-order valence-electron chi connectivity index (χ3n) is 5.72. The van der Waals surface area contributed by atoms with Gasteiger partial charge in [-0.1, -0.05) is 42.1 Å². The van der Waals surface area contributed by atoms with Crippen LogP contribution in [0.25, 0.3) is 0 Å². The Balaban J connectivity index is 1.51. The molecule has 2 aromatic heterocycles. The van der Waals surface area contributed by atoms with Gasteiger partial charge in [0.1, 0.15) is 17.6 Å². The van der Waals surface area contributed by atoms with Gasteiger partial charge in [0.25, 0.3) is 5.91 Å². The number of fused-ring (bicyclic) bond motifs is 1. The van der Waals surface area contributed by atoms with Crippen molar-refractivity contribution in [1.29, 1.82) is 0 Å². The zero-order valence-corrected chi connectivity index (χ0v) is 20.4. The molecule has 0 radical (unpaired) electrons. The summed E-state index contributed by atoms with van der Waals surface area (Å²) in [6.07, 6.45) is 3.23. The lowest BCUT2D eigenvalue weighted by atomic mass is 9.95. The number of allylic oxidation sites excluding steroid dienone is 1. The van der Waals surface area contributed by atoms with E-state index in [1.165, 1.54) is 17.8 Å². The molecule has 36 heavy (non-hydrogen) atoms. The number of nitrogens with one attached hydrogen (secondary N) is 2. The van der Waals surface area contributed by atoms with E-state index in [4.69, 9.17) is 9.84 Å². The van der Waals surface area contributed by atoms with E-state index in [2.05, 4.69) is 20.6 Å². The Morgan fingerprint density at radius 1 is 1.19 bits per heavy atom. The van der Waals surface area contributed by atoms with Crippen molar-refractivity contribution >= 4 is 29.3 Å². The summed E-state index contributed by atoms with van der Waals surface area (Å²) in [4.78, 5) is 22.2. The van der Waals surface area contributed by atoms with Crippen molar-refractivity contribution in [3.63, 3.8) is 0 Å². The average molecular weight is 503 g/mol. The van der Waals surface area contributed by atoms with Crippen LogP contribution in [0.4, 0.5) is 16.0 Å². The number of pyridine rings is 1. The van der Waals surface area contributed by atoms with Crippen LogP contribution in [0.5, 0.6) is 5.75 Å². The van der Waals surface area contributed by atoms with E-state index in [-0.39, 0.29) is 11.7 Å². The lowest BCUT2D eigenvalue weighted by molar-refractivity contribution is -0.113. The Hall–Kier alpha value is -4.18. The minimum Gasteiger partial charge on any atom is -0.497 e. The number of halogens is 1. The van der Waals surface area contributed by atoms with Crippen LogP contribution in [0, 0.1) is 5.82 Å². The summed E-state index contributed by atoms with van der Waals surface area (Å²) in [5.41, 5.74) is 3.09. The number of benzene rings is 2. The number of ether oxygens (including phenoxy) is 1. The van der Waals surface area contributed by atoms with E-state index in [9.17, 15) is 9.18 Å². The Labute approximate surface area is 211 Å². The molecule has 0 unspecified atom stereocenters. The molecule has 8 nitrogen and oxygen atoms in total. The van der Waals surface area contributed by atoms with E-state index >= 15 is 0 Å². The number of aromatic nitrogens is 4. The summed E-state index contributed by atoms with van der Waals surface area (Å²) >= 11 is 1.32. The number of carbonyl (C=O) groups excluding carboxylic acids is 1. The van der Waals surface area contributed by atoms with Crippen LogP contribution in [-0.4, -0.2) is 32.8 Å². The van der Waals surface area contributed by atoms with Gasteiger partial charge in [0, 0.05) is 17.6 Å².